The van der Waals surface area contributed by atoms with Gasteiger partial charge in [-0.05, 0) is 12.8 Å². The van der Waals surface area contributed by atoms with Crippen molar-refractivity contribution in [2.75, 3.05) is 0 Å². The second-order valence-corrected chi connectivity index (χ2v) is 4.88. The molecule has 0 aliphatic heterocycles. The Morgan fingerprint density at radius 2 is 1.90 bits per heavy atom. The van der Waals surface area contributed by atoms with Gasteiger partial charge in [0.1, 0.15) is 5.56 Å². The molecule has 0 saturated carbocycles. The number of carbonyl (C=O) groups is 2. The van der Waals surface area contributed by atoms with Crippen LogP contribution in [-0.4, -0.2) is 32.1 Å². The summed E-state index contributed by atoms with van der Waals surface area (Å²) in [6.45, 7) is 3.52. The highest BCUT2D eigenvalue weighted by Gasteiger charge is 2.32. The quantitative estimate of drug-likeness (QED) is 0.673. The van der Waals surface area contributed by atoms with Gasteiger partial charge >= 0.3 is 11.7 Å². The van der Waals surface area contributed by atoms with Gasteiger partial charge in [0.15, 0.2) is 0 Å². The Bertz CT molecular complexity index is 655. The van der Waals surface area contributed by atoms with Crippen LogP contribution in [0.1, 0.15) is 43.5 Å². The van der Waals surface area contributed by atoms with Crippen molar-refractivity contribution in [3.05, 3.63) is 32.6 Å². The van der Waals surface area contributed by atoms with Crippen LogP contribution in [0.3, 0.4) is 0 Å². The van der Waals surface area contributed by atoms with Crippen LogP contribution in [0.5, 0.6) is 0 Å². The van der Waals surface area contributed by atoms with Crippen molar-refractivity contribution in [3.8, 4) is 0 Å². The smallest absolute Gasteiger partial charge is 0.328 e. The normalized spacial score (nSPS) is 11.2. The number of carboxylic acid groups (broad SMARTS) is 1. The van der Waals surface area contributed by atoms with Crippen LogP contribution < -0.4 is 16.6 Å². The molecule has 116 valence electrons. The van der Waals surface area contributed by atoms with Crippen LogP contribution in [-0.2, 0) is 11.8 Å². The summed E-state index contributed by atoms with van der Waals surface area (Å²) in [5, 5.41) is 11.6. The molecular formula is C13H19N3O5. The van der Waals surface area contributed by atoms with E-state index in [2.05, 4.69) is 10.3 Å². The zero-order chi connectivity index (χ0) is 16.2. The molecule has 0 unspecified atom stereocenters. The molecule has 0 radical (unpaired) electrons. The average molecular weight is 297 g/mol. The molecule has 0 aliphatic rings. The number of hydrogen-bond donors (Lipinski definition) is 3. The fourth-order valence-corrected chi connectivity index (χ4v) is 2.05. The Hall–Kier alpha value is -2.38. The predicted octanol–water partition coefficient (Wildman–Crippen LogP) is -0.163. The summed E-state index contributed by atoms with van der Waals surface area (Å²) in [5.41, 5.74) is -2.51. The van der Waals surface area contributed by atoms with E-state index in [4.69, 9.17) is 5.11 Å². The van der Waals surface area contributed by atoms with Gasteiger partial charge in [-0.1, -0.05) is 13.8 Å². The number of nitrogens with one attached hydrogen (secondary N) is 2. The van der Waals surface area contributed by atoms with Crippen LogP contribution in [0.15, 0.2) is 15.8 Å². The Balaban J connectivity index is 3.14. The second kappa shape index (κ2) is 6.38. The average Bonchev–Trinajstić information content (AvgIpc) is 2.43. The van der Waals surface area contributed by atoms with Crippen molar-refractivity contribution in [2.24, 2.45) is 7.05 Å². The van der Waals surface area contributed by atoms with Gasteiger partial charge in [-0.2, -0.15) is 0 Å². The molecule has 1 aromatic heterocycles. The molecular weight excluding hydrogens is 278 g/mol. The number of nitrogens with zero attached hydrogens (tertiary/aromatic N) is 1. The highest BCUT2D eigenvalue weighted by Crippen LogP contribution is 2.20. The summed E-state index contributed by atoms with van der Waals surface area (Å²) in [5.74, 6) is -1.73. The lowest BCUT2D eigenvalue weighted by Crippen LogP contribution is -2.51. The van der Waals surface area contributed by atoms with Gasteiger partial charge in [-0.3, -0.25) is 19.0 Å². The Morgan fingerprint density at radius 1 is 1.33 bits per heavy atom. The number of amides is 1. The maximum Gasteiger partial charge on any atom is 0.328 e. The molecule has 0 bridgehead atoms. The third-order valence-electron chi connectivity index (χ3n) is 3.65. The molecule has 0 aliphatic carbocycles. The van der Waals surface area contributed by atoms with E-state index in [-0.39, 0.29) is 12.0 Å². The highest BCUT2D eigenvalue weighted by molar-refractivity contribution is 5.94. The number of carboxylic acids is 1. The van der Waals surface area contributed by atoms with E-state index in [1.54, 1.807) is 13.8 Å². The minimum atomic E-state index is -1.03. The van der Waals surface area contributed by atoms with Gasteiger partial charge in [0, 0.05) is 13.2 Å². The van der Waals surface area contributed by atoms with Crippen LogP contribution >= 0.6 is 0 Å². The topological polar surface area (TPSA) is 121 Å². The van der Waals surface area contributed by atoms with Gasteiger partial charge in [0.25, 0.3) is 11.5 Å². The van der Waals surface area contributed by atoms with Gasteiger partial charge in [-0.25, -0.2) is 4.79 Å². The molecule has 1 rings (SSSR count). The molecule has 0 saturated heterocycles. The van der Waals surface area contributed by atoms with Crippen molar-refractivity contribution < 1.29 is 14.7 Å². The van der Waals surface area contributed by atoms with Crippen molar-refractivity contribution in [3.63, 3.8) is 0 Å². The molecule has 1 aromatic rings. The van der Waals surface area contributed by atoms with Crippen molar-refractivity contribution in [2.45, 2.75) is 38.6 Å². The monoisotopic (exact) mass is 297 g/mol. The van der Waals surface area contributed by atoms with E-state index >= 15 is 0 Å². The van der Waals surface area contributed by atoms with E-state index in [1.165, 1.54) is 7.05 Å². The number of aromatic amines is 1. The van der Waals surface area contributed by atoms with Crippen LogP contribution in [0.2, 0.25) is 0 Å². The molecule has 8 nitrogen and oxygen atoms in total. The molecule has 1 amide bonds. The lowest BCUT2D eigenvalue weighted by molar-refractivity contribution is -0.138. The number of hydrogen-bond acceptors (Lipinski definition) is 4. The summed E-state index contributed by atoms with van der Waals surface area (Å²) in [4.78, 5) is 48.6. The fraction of sp³-hybridized carbons (Fsp3) is 0.538. The van der Waals surface area contributed by atoms with Crippen molar-refractivity contribution in [1.29, 1.82) is 0 Å². The summed E-state index contributed by atoms with van der Waals surface area (Å²) in [7, 11) is 1.25. The first kappa shape index (κ1) is 16.7. The lowest BCUT2D eigenvalue weighted by Gasteiger charge is -2.31. The molecule has 0 atom stereocenters. The van der Waals surface area contributed by atoms with Gasteiger partial charge in [-0.15, -0.1) is 0 Å². The number of rotatable bonds is 6. The number of aromatic nitrogens is 2. The summed E-state index contributed by atoms with van der Waals surface area (Å²) >= 11 is 0. The molecule has 0 aromatic carbocycles. The Kier molecular flexibility index (Phi) is 5.07. The Morgan fingerprint density at radius 3 is 2.38 bits per heavy atom. The molecule has 1 heterocycles. The SMILES string of the molecule is CCC(CC)(CC(=O)O)NC(=O)c1c[nH]c(=O)n(C)c1=O. The lowest BCUT2D eigenvalue weighted by atomic mass is 9.88. The highest BCUT2D eigenvalue weighted by atomic mass is 16.4. The van der Waals surface area contributed by atoms with Gasteiger partial charge in [0.05, 0.1) is 12.0 Å². The zero-order valence-corrected chi connectivity index (χ0v) is 12.2. The van der Waals surface area contributed by atoms with Gasteiger partial charge in [0.2, 0.25) is 0 Å². The van der Waals surface area contributed by atoms with Crippen molar-refractivity contribution >= 4 is 11.9 Å². The van der Waals surface area contributed by atoms with Crippen LogP contribution in [0.4, 0.5) is 0 Å². The standard InChI is InChI=1S/C13H19N3O5/c1-4-13(5-2,6-9(17)18)15-10(19)8-7-14-12(21)16(3)11(8)20/h7H,4-6H2,1-3H3,(H,14,21)(H,15,19)(H,17,18). The Labute approximate surface area is 120 Å². The second-order valence-electron chi connectivity index (χ2n) is 4.88. The third kappa shape index (κ3) is 3.59. The largest absolute Gasteiger partial charge is 0.481 e. The van der Waals surface area contributed by atoms with E-state index in [1.807, 2.05) is 0 Å². The minimum absolute atomic E-state index is 0.228. The van der Waals surface area contributed by atoms with E-state index < -0.39 is 28.7 Å². The molecule has 3 N–H and O–H groups in total. The number of aliphatic carboxylic acids is 1. The van der Waals surface area contributed by atoms with Crippen LogP contribution in [0.25, 0.3) is 0 Å². The summed E-state index contributed by atoms with van der Waals surface area (Å²) < 4.78 is 0.783. The summed E-state index contributed by atoms with van der Waals surface area (Å²) in [6.07, 6.45) is 1.61. The number of carbonyl (C=O) groups excluding carboxylic acids is 1. The van der Waals surface area contributed by atoms with Gasteiger partial charge < -0.3 is 15.4 Å². The van der Waals surface area contributed by atoms with E-state index in [0.717, 1.165) is 10.8 Å². The predicted molar refractivity (Wildman–Crippen MR) is 75.3 cm³/mol. The minimum Gasteiger partial charge on any atom is -0.481 e. The van der Waals surface area contributed by atoms with E-state index in [0.29, 0.717) is 12.8 Å². The van der Waals surface area contributed by atoms with Crippen LogP contribution in [0, 0.1) is 0 Å². The van der Waals surface area contributed by atoms with Crippen molar-refractivity contribution in [1.82, 2.24) is 14.9 Å². The first-order valence-corrected chi connectivity index (χ1v) is 6.59. The molecule has 21 heavy (non-hydrogen) atoms. The maximum atomic E-state index is 12.2. The molecule has 0 spiro atoms. The summed E-state index contributed by atoms with van der Waals surface area (Å²) in [6, 6.07) is 0. The third-order valence-corrected chi connectivity index (χ3v) is 3.65. The molecule has 8 heteroatoms. The fourth-order valence-electron chi connectivity index (χ4n) is 2.05. The first-order valence-electron chi connectivity index (χ1n) is 6.59. The number of H-pyrrole nitrogens is 1. The molecule has 0 fully saturated rings. The van der Waals surface area contributed by atoms with E-state index in [9.17, 15) is 19.2 Å². The zero-order valence-electron chi connectivity index (χ0n) is 12.2. The maximum absolute atomic E-state index is 12.2. The first-order chi connectivity index (χ1) is 9.76.